The molecule has 3 rings (SSSR count). The van der Waals surface area contributed by atoms with Crippen LogP contribution in [0.1, 0.15) is 36.2 Å². The van der Waals surface area contributed by atoms with E-state index >= 15 is 0 Å². The summed E-state index contributed by atoms with van der Waals surface area (Å²) in [7, 11) is 0. The van der Waals surface area contributed by atoms with Crippen LogP contribution in [0.2, 0.25) is 0 Å². The number of aromatic nitrogens is 2. The van der Waals surface area contributed by atoms with Crippen molar-refractivity contribution in [3.63, 3.8) is 0 Å². The molecule has 1 N–H and O–H groups in total. The van der Waals surface area contributed by atoms with E-state index in [1.165, 1.54) is 4.68 Å². The number of hydrogen-bond acceptors (Lipinski definition) is 4. The van der Waals surface area contributed by atoms with E-state index in [-0.39, 0.29) is 11.1 Å². The maximum absolute atomic E-state index is 9.52. The number of benzene rings is 1. The van der Waals surface area contributed by atoms with Gasteiger partial charge in [-0.25, -0.2) is 4.68 Å². The predicted octanol–water partition coefficient (Wildman–Crippen LogP) is 2.38. The molecule has 0 unspecified atom stereocenters. The Hall–Kier alpha value is -2.45. The second-order valence-corrected chi connectivity index (χ2v) is 6.24. The largest absolute Gasteiger partial charge is 0.369 e. The lowest BCUT2D eigenvalue weighted by molar-refractivity contribution is -0.0428. The standard InChI is InChI=1S/C17H18N4O/c1-11-5-4-6-12(7-11)21-16(19)14(9-18)13-8-17(2,3)22-10-15(13)20-21/h4-7,19H,8,10H2,1-3H3. The Labute approximate surface area is 129 Å². The van der Waals surface area contributed by atoms with E-state index in [2.05, 4.69) is 11.2 Å². The van der Waals surface area contributed by atoms with Crippen molar-refractivity contribution in [3.05, 3.63) is 52.1 Å². The molecule has 1 aromatic heterocycles. The van der Waals surface area contributed by atoms with Gasteiger partial charge in [0.15, 0.2) is 5.49 Å². The van der Waals surface area contributed by atoms with Crippen LogP contribution < -0.4 is 5.49 Å². The van der Waals surface area contributed by atoms with Gasteiger partial charge in [0, 0.05) is 12.0 Å². The van der Waals surface area contributed by atoms with Crippen molar-refractivity contribution in [2.45, 2.75) is 39.4 Å². The summed E-state index contributed by atoms with van der Waals surface area (Å²) < 4.78 is 7.32. The molecule has 1 aromatic carbocycles. The quantitative estimate of drug-likeness (QED) is 0.877. The van der Waals surface area contributed by atoms with Crippen molar-refractivity contribution in [1.29, 1.82) is 10.7 Å². The molecular formula is C17H18N4O. The number of ether oxygens (including phenoxy) is 1. The highest BCUT2D eigenvalue weighted by Gasteiger charge is 2.30. The molecular weight excluding hydrogens is 276 g/mol. The Balaban J connectivity index is 2.24. The van der Waals surface area contributed by atoms with E-state index in [4.69, 9.17) is 10.1 Å². The molecule has 0 bridgehead atoms. The maximum atomic E-state index is 9.52. The fourth-order valence-electron chi connectivity index (χ4n) is 2.74. The summed E-state index contributed by atoms with van der Waals surface area (Å²) >= 11 is 0. The molecule has 5 nitrogen and oxygen atoms in total. The third kappa shape index (κ3) is 2.42. The number of aryl methyl sites for hydroxylation is 1. The minimum atomic E-state index is -0.331. The number of rotatable bonds is 1. The highest BCUT2D eigenvalue weighted by molar-refractivity contribution is 5.42. The summed E-state index contributed by atoms with van der Waals surface area (Å²) in [5, 5.41) is 22.4. The lowest BCUT2D eigenvalue weighted by Gasteiger charge is -2.31. The molecule has 0 aliphatic carbocycles. The van der Waals surface area contributed by atoms with Gasteiger partial charge in [-0.15, -0.1) is 0 Å². The molecule has 2 heterocycles. The summed E-state index contributed by atoms with van der Waals surface area (Å²) in [6.45, 7) is 6.33. The van der Waals surface area contributed by atoms with Crippen LogP contribution in [0, 0.1) is 23.7 Å². The highest BCUT2D eigenvalue weighted by atomic mass is 16.5. The molecule has 112 valence electrons. The average Bonchev–Trinajstić information content (AvgIpc) is 2.46. The Bertz CT molecular complexity index is 843. The highest BCUT2D eigenvalue weighted by Crippen LogP contribution is 2.27. The third-order valence-electron chi connectivity index (χ3n) is 3.88. The lowest BCUT2D eigenvalue weighted by Crippen LogP contribution is -2.37. The minimum Gasteiger partial charge on any atom is -0.369 e. The number of fused-ring (bicyclic) bond motifs is 1. The number of nitrogens with zero attached hydrogens (tertiary/aromatic N) is 3. The van der Waals surface area contributed by atoms with Crippen molar-refractivity contribution in [3.8, 4) is 11.8 Å². The first-order valence-corrected chi connectivity index (χ1v) is 7.22. The predicted molar refractivity (Wildman–Crippen MR) is 81.4 cm³/mol. The van der Waals surface area contributed by atoms with Crippen LogP contribution >= 0.6 is 0 Å². The molecule has 5 heteroatoms. The second-order valence-electron chi connectivity index (χ2n) is 6.24. The van der Waals surface area contributed by atoms with E-state index in [0.717, 1.165) is 22.5 Å². The van der Waals surface area contributed by atoms with Crippen LogP contribution in [0.3, 0.4) is 0 Å². The van der Waals surface area contributed by atoms with E-state index < -0.39 is 0 Å². The topological polar surface area (TPSA) is 74.7 Å². The van der Waals surface area contributed by atoms with Crippen LogP contribution in [-0.4, -0.2) is 15.4 Å². The summed E-state index contributed by atoms with van der Waals surface area (Å²) in [6, 6.07) is 9.93. The van der Waals surface area contributed by atoms with Gasteiger partial charge in [0.2, 0.25) is 0 Å². The van der Waals surface area contributed by atoms with Crippen LogP contribution in [0.5, 0.6) is 0 Å². The van der Waals surface area contributed by atoms with Gasteiger partial charge in [-0.05, 0) is 38.5 Å². The molecule has 2 aromatic rings. The van der Waals surface area contributed by atoms with E-state index in [1.54, 1.807) is 0 Å². The first kappa shape index (κ1) is 14.5. The zero-order valence-corrected chi connectivity index (χ0v) is 13.0. The van der Waals surface area contributed by atoms with E-state index in [1.807, 2.05) is 45.0 Å². The van der Waals surface area contributed by atoms with E-state index in [9.17, 15) is 5.26 Å². The van der Waals surface area contributed by atoms with Gasteiger partial charge in [0.1, 0.15) is 11.6 Å². The zero-order chi connectivity index (χ0) is 15.9. The average molecular weight is 294 g/mol. The Morgan fingerprint density at radius 3 is 2.86 bits per heavy atom. The fraction of sp³-hybridized carbons (Fsp3) is 0.353. The van der Waals surface area contributed by atoms with Gasteiger partial charge in [-0.1, -0.05) is 12.1 Å². The summed E-state index contributed by atoms with van der Waals surface area (Å²) in [5.41, 5.74) is 3.64. The minimum absolute atomic E-state index is 0.129. The van der Waals surface area contributed by atoms with Crippen LogP contribution in [0.25, 0.3) is 5.69 Å². The maximum Gasteiger partial charge on any atom is 0.164 e. The van der Waals surface area contributed by atoms with Crippen LogP contribution in [0.15, 0.2) is 24.3 Å². The number of nitriles is 1. The van der Waals surface area contributed by atoms with Gasteiger partial charge in [-0.3, -0.25) is 5.41 Å². The first-order valence-electron chi connectivity index (χ1n) is 7.22. The molecule has 0 atom stereocenters. The van der Waals surface area contributed by atoms with E-state index in [0.29, 0.717) is 18.6 Å². The van der Waals surface area contributed by atoms with Crippen molar-refractivity contribution in [1.82, 2.24) is 9.78 Å². The Morgan fingerprint density at radius 1 is 1.41 bits per heavy atom. The van der Waals surface area contributed by atoms with Gasteiger partial charge >= 0.3 is 0 Å². The first-order chi connectivity index (χ1) is 10.4. The van der Waals surface area contributed by atoms with Gasteiger partial charge in [0.25, 0.3) is 0 Å². The van der Waals surface area contributed by atoms with Gasteiger partial charge in [0.05, 0.1) is 23.6 Å². The van der Waals surface area contributed by atoms with Crippen molar-refractivity contribution in [2.24, 2.45) is 0 Å². The SMILES string of the molecule is Cc1cccc(-n2nc3c(c(C#N)c2=N)CC(C)(C)OC3)c1. The fourth-order valence-corrected chi connectivity index (χ4v) is 2.74. The number of hydrogen-bond donors (Lipinski definition) is 1. The monoisotopic (exact) mass is 294 g/mol. The van der Waals surface area contributed by atoms with Crippen LogP contribution in [0.4, 0.5) is 0 Å². The van der Waals surface area contributed by atoms with Gasteiger partial charge in [-0.2, -0.15) is 10.4 Å². The Kier molecular flexibility index (Phi) is 3.34. The second kappa shape index (κ2) is 5.08. The smallest absolute Gasteiger partial charge is 0.164 e. The molecule has 0 radical (unpaired) electrons. The molecule has 0 fully saturated rings. The lowest BCUT2D eigenvalue weighted by atomic mass is 9.92. The van der Waals surface area contributed by atoms with Gasteiger partial charge < -0.3 is 4.74 Å². The normalized spacial score (nSPS) is 15.9. The summed E-state index contributed by atoms with van der Waals surface area (Å²) in [6.07, 6.45) is 0.596. The molecule has 22 heavy (non-hydrogen) atoms. The van der Waals surface area contributed by atoms with Crippen LogP contribution in [-0.2, 0) is 17.8 Å². The molecule has 0 saturated carbocycles. The Morgan fingerprint density at radius 2 is 2.18 bits per heavy atom. The molecule has 0 saturated heterocycles. The summed E-state index contributed by atoms with van der Waals surface area (Å²) in [5.74, 6) is 0. The molecule has 1 aliphatic heterocycles. The molecule has 0 amide bonds. The molecule has 0 spiro atoms. The number of nitrogens with one attached hydrogen (secondary N) is 1. The van der Waals surface area contributed by atoms with Crippen molar-refractivity contribution in [2.75, 3.05) is 0 Å². The van der Waals surface area contributed by atoms with Crippen molar-refractivity contribution < 1.29 is 4.74 Å². The zero-order valence-electron chi connectivity index (χ0n) is 13.0. The molecule has 1 aliphatic rings. The third-order valence-corrected chi connectivity index (χ3v) is 3.88. The summed E-state index contributed by atoms with van der Waals surface area (Å²) in [4.78, 5) is 0. The van der Waals surface area contributed by atoms with Crippen molar-refractivity contribution >= 4 is 0 Å².